The molecule has 0 radical (unpaired) electrons. The number of ketones is 1. The molecule has 0 fully saturated rings. The van der Waals surface area contributed by atoms with Gasteiger partial charge in [0.1, 0.15) is 12.4 Å². The largest absolute Gasteiger partial charge is 0.464 e. The van der Waals surface area contributed by atoms with Crippen molar-refractivity contribution in [2.45, 2.75) is 39.0 Å². The molecular weight excluding hydrogens is 232 g/mol. The lowest BCUT2D eigenvalue weighted by atomic mass is 9.93. The third-order valence-electron chi connectivity index (χ3n) is 2.76. The fourth-order valence-electron chi connectivity index (χ4n) is 1.73. The van der Waals surface area contributed by atoms with Crippen LogP contribution >= 0.6 is 0 Å². The molecule has 0 aromatic rings. The van der Waals surface area contributed by atoms with Gasteiger partial charge < -0.3 is 9.47 Å². The predicted octanol–water partition coefficient (Wildman–Crippen LogP) is 2.52. The second-order valence-corrected chi connectivity index (χ2v) is 4.32. The first-order chi connectivity index (χ1) is 8.61. The zero-order chi connectivity index (χ0) is 13.8. The standard InChI is InChI=1S/C14H24O4/c1-4-5-6-8-13(12(2)15)9-7-10-18-14(16)11-17-3/h4,13H,1,5-11H2,2-3H3. The van der Waals surface area contributed by atoms with Crippen LogP contribution in [0.5, 0.6) is 0 Å². The van der Waals surface area contributed by atoms with Crippen LogP contribution in [0.4, 0.5) is 0 Å². The number of allylic oxidation sites excluding steroid dienone is 1. The second-order valence-electron chi connectivity index (χ2n) is 4.32. The third kappa shape index (κ3) is 8.93. The van der Waals surface area contributed by atoms with Crippen molar-refractivity contribution >= 4 is 11.8 Å². The number of hydrogen-bond acceptors (Lipinski definition) is 4. The summed E-state index contributed by atoms with van der Waals surface area (Å²) in [5, 5.41) is 0. The molecule has 0 aromatic heterocycles. The van der Waals surface area contributed by atoms with E-state index in [1.807, 2.05) is 6.08 Å². The zero-order valence-electron chi connectivity index (χ0n) is 11.4. The molecule has 0 aliphatic rings. The number of Topliss-reactive ketones (excluding diaryl/α,β-unsaturated/α-hetero) is 1. The van der Waals surface area contributed by atoms with E-state index in [2.05, 4.69) is 11.3 Å². The van der Waals surface area contributed by atoms with E-state index < -0.39 is 0 Å². The minimum Gasteiger partial charge on any atom is -0.464 e. The van der Waals surface area contributed by atoms with Gasteiger partial charge in [-0.25, -0.2) is 4.79 Å². The Bertz CT molecular complexity index is 261. The van der Waals surface area contributed by atoms with E-state index in [1.165, 1.54) is 7.11 Å². The summed E-state index contributed by atoms with van der Waals surface area (Å²) in [7, 11) is 1.45. The monoisotopic (exact) mass is 256 g/mol. The maximum atomic E-state index is 11.4. The van der Waals surface area contributed by atoms with Crippen LogP contribution in [0.25, 0.3) is 0 Å². The molecular formula is C14H24O4. The van der Waals surface area contributed by atoms with Gasteiger partial charge >= 0.3 is 5.97 Å². The molecule has 0 heterocycles. The van der Waals surface area contributed by atoms with Crippen molar-refractivity contribution in [2.75, 3.05) is 20.3 Å². The molecule has 0 aliphatic heterocycles. The van der Waals surface area contributed by atoms with Crippen LogP contribution in [0.2, 0.25) is 0 Å². The minimum atomic E-state index is -0.358. The summed E-state index contributed by atoms with van der Waals surface area (Å²) < 4.78 is 9.59. The number of carbonyl (C=O) groups is 2. The highest BCUT2D eigenvalue weighted by Crippen LogP contribution is 2.16. The van der Waals surface area contributed by atoms with Gasteiger partial charge in [-0.1, -0.05) is 6.08 Å². The van der Waals surface area contributed by atoms with Gasteiger partial charge in [-0.3, -0.25) is 4.79 Å². The Hall–Kier alpha value is -1.16. The summed E-state index contributed by atoms with van der Waals surface area (Å²) >= 11 is 0. The van der Waals surface area contributed by atoms with Crippen LogP contribution in [0.1, 0.15) is 39.0 Å². The summed E-state index contributed by atoms with van der Waals surface area (Å²) in [5.74, 6) is -0.0723. The number of unbranched alkanes of at least 4 members (excludes halogenated alkanes) is 1. The summed E-state index contributed by atoms with van der Waals surface area (Å²) in [6.45, 7) is 5.62. The van der Waals surface area contributed by atoms with E-state index in [1.54, 1.807) is 6.92 Å². The number of rotatable bonds is 11. The third-order valence-corrected chi connectivity index (χ3v) is 2.76. The molecule has 4 heteroatoms. The van der Waals surface area contributed by atoms with E-state index in [0.29, 0.717) is 13.0 Å². The molecule has 0 N–H and O–H groups in total. The van der Waals surface area contributed by atoms with Crippen LogP contribution in [0.3, 0.4) is 0 Å². The molecule has 0 amide bonds. The topological polar surface area (TPSA) is 52.6 Å². The van der Waals surface area contributed by atoms with Crippen LogP contribution < -0.4 is 0 Å². The maximum absolute atomic E-state index is 11.4. The van der Waals surface area contributed by atoms with E-state index in [9.17, 15) is 9.59 Å². The van der Waals surface area contributed by atoms with Crippen molar-refractivity contribution in [1.29, 1.82) is 0 Å². The smallest absolute Gasteiger partial charge is 0.332 e. The number of ether oxygens (including phenoxy) is 2. The Labute approximate surface area is 109 Å². The van der Waals surface area contributed by atoms with Crippen molar-refractivity contribution < 1.29 is 19.1 Å². The van der Waals surface area contributed by atoms with Crippen molar-refractivity contribution in [1.82, 2.24) is 0 Å². The molecule has 104 valence electrons. The van der Waals surface area contributed by atoms with Crippen LogP contribution in [0.15, 0.2) is 12.7 Å². The number of methoxy groups -OCH3 is 1. The molecule has 0 rings (SSSR count). The van der Waals surface area contributed by atoms with Gasteiger partial charge in [0.25, 0.3) is 0 Å². The van der Waals surface area contributed by atoms with E-state index >= 15 is 0 Å². The van der Waals surface area contributed by atoms with Gasteiger partial charge in [0.15, 0.2) is 0 Å². The molecule has 1 unspecified atom stereocenters. The highest BCUT2D eigenvalue weighted by Gasteiger charge is 2.13. The van der Waals surface area contributed by atoms with Gasteiger partial charge in [-0.15, -0.1) is 6.58 Å². The van der Waals surface area contributed by atoms with Gasteiger partial charge in [-0.05, 0) is 39.0 Å². The summed E-state index contributed by atoms with van der Waals surface area (Å²) in [5.41, 5.74) is 0. The first kappa shape index (κ1) is 16.8. The van der Waals surface area contributed by atoms with E-state index in [0.717, 1.165) is 25.7 Å². The first-order valence-electron chi connectivity index (χ1n) is 6.37. The molecule has 0 aliphatic carbocycles. The minimum absolute atomic E-state index is 0.0184. The summed E-state index contributed by atoms with van der Waals surface area (Å²) in [4.78, 5) is 22.4. The summed E-state index contributed by atoms with van der Waals surface area (Å²) in [6.07, 6.45) is 6.15. The van der Waals surface area contributed by atoms with Crippen molar-refractivity contribution in [3.63, 3.8) is 0 Å². The molecule has 0 bridgehead atoms. The Balaban J connectivity index is 3.73. The SMILES string of the molecule is C=CCCCC(CCCOC(=O)COC)C(C)=O. The van der Waals surface area contributed by atoms with Crippen LogP contribution in [-0.2, 0) is 19.1 Å². The Kier molecular flexibility index (Phi) is 10.3. The van der Waals surface area contributed by atoms with Crippen LogP contribution in [0, 0.1) is 5.92 Å². The predicted molar refractivity (Wildman–Crippen MR) is 70.3 cm³/mol. The molecule has 1 atom stereocenters. The molecule has 18 heavy (non-hydrogen) atoms. The molecule has 0 saturated heterocycles. The Morgan fingerprint density at radius 3 is 2.50 bits per heavy atom. The molecule has 0 aromatic carbocycles. The first-order valence-corrected chi connectivity index (χ1v) is 6.37. The van der Waals surface area contributed by atoms with Gasteiger partial charge in [0.05, 0.1) is 6.61 Å². The lowest BCUT2D eigenvalue weighted by Gasteiger charge is -2.13. The van der Waals surface area contributed by atoms with E-state index in [4.69, 9.17) is 4.74 Å². The average molecular weight is 256 g/mol. The Morgan fingerprint density at radius 1 is 1.28 bits per heavy atom. The highest BCUT2D eigenvalue weighted by molar-refractivity contribution is 5.78. The van der Waals surface area contributed by atoms with Crippen LogP contribution in [-0.4, -0.2) is 32.1 Å². The van der Waals surface area contributed by atoms with Gasteiger partial charge in [-0.2, -0.15) is 0 Å². The fourth-order valence-corrected chi connectivity index (χ4v) is 1.73. The van der Waals surface area contributed by atoms with Crippen molar-refractivity contribution in [3.05, 3.63) is 12.7 Å². The van der Waals surface area contributed by atoms with Gasteiger partial charge in [0, 0.05) is 13.0 Å². The molecule has 0 spiro atoms. The van der Waals surface area contributed by atoms with Crippen molar-refractivity contribution in [2.24, 2.45) is 5.92 Å². The number of carbonyl (C=O) groups excluding carboxylic acids is 2. The normalized spacial score (nSPS) is 11.9. The van der Waals surface area contributed by atoms with E-state index in [-0.39, 0.29) is 24.3 Å². The molecule has 4 nitrogen and oxygen atoms in total. The summed E-state index contributed by atoms with van der Waals surface area (Å²) in [6, 6.07) is 0. The quantitative estimate of drug-likeness (QED) is 0.324. The lowest BCUT2D eigenvalue weighted by Crippen LogP contribution is -2.15. The lowest BCUT2D eigenvalue weighted by molar-refractivity contribution is -0.148. The highest BCUT2D eigenvalue weighted by atomic mass is 16.6. The zero-order valence-corrected chi connectivity index (χ0v) is 11.4. The average Bonchev–Trinajstić information content (AvgIpc) is 2.32. The number of hydrogen-bond donors (Lipinski definition) is 0. The fraction of sp³-hybridized carbons (Fsp3) is 0.714. The number of esters is 1. The maximum Gasteiger partial charge on any atom is 0.332 e. The second kappa shape index (κ2) is 11.0. The van der Waals surface area contributed by atoms with Gasteiger partial charge in [0.2, 0.25) is 0 Å². The van der Waals surface area contributed by atoms with Crippen molar-refractivity contribution in [3.8, 4) is 0 Å². The Morgan fingerprint density at radius 2 is 1.94 bits per heavy atom. The molecule has 0 saturated carbocycles.